The number of benzene rings is 3. The summed E-state index contributed by atoms with van der Waals surface area (Å²) in [5.74, 6) is 0.499. The van der Waals surface area contributed by atoms with Gasteiger partial charge in [0.15, 0.2) is 0 Å². The van der Waals surface area contributed by atoms with Crippen molar-refractivity contribution < 1.29 is 9.53 Å². The second kappa shape index (κ2) is 9.58. The third-order valence-electron chi connectivity index (χ3n) is 4.01. The van der Waals surface area contributed by atoms with E-state index in [0.29, 0.717) is 28.6 Å². The first-order valence-corrected chi connectivity index (χ1v) is 9.22. The van der Waals surface area contributed by atoms with Gasteiger partial charge in [0, 0.05) is 16.3 Å². The number of hydrogen-bond acceptors (Lipinski definition) is 2. The second-order valence-corrected chi connectivity index (χ2v) is 6.43. The SMILES string of the molecule is C=CCOc1ccc(NC(=O)/C(=C/c2ccccc2Cl)c2ccccc2)cc1. The van der Waals surface area contributed by atoms with E-state index in [1.54, 1.807) is 42.5 Å². The summed E-state index contributed by atoms with van der Waals surface area (Å²) in [6.45, 7) is 4.06. The molecule has 0 bridgehead atoms. The van der Waals surface area contributed by atoms with Crippen LogP contribution in [0.15, 0.2) is 91.5 Å². The van der Waals surface area contributed by atoms with Crippen molar-refractivity contribution in [3.63, 3.8) is 0 Å². The van der Waals surface area contributed by atoms with Crippen LogP contribution >= 0.6 is 11.6 Å². The number of carbonyl (C=O) groups is 1. The van der Waals surface area contributed by atoms with Crippen LogP contribution in [0.1, 0.15) is 11.1 Å². The van der Waals surface area contributed by atoms with Crippen LogP contribution in [0.4, 0.5) is 5.69 Å². The number of anilines is 1. The minimum absolute atomic E-state index is 0.217. The van der Waals surface area contributed by atoms with Gasteiger partial charge in [-0.1, -0.05) is 72.8 Å². The maximum Gasteiger partial charge on any atom is 0.256 e. The first kappa shape index (κ1) is 19.5. The molecule has 0 unspecified atom stereocenters. The third-order valence-corrected chi connectivity index (χ3v) is 4.36. The second-order valence-electron chi connectivity index (χ2n) is 6.02. The Balaban J connectivity index is 1.87. The lowest BCUT2D eigenvalue weighted by Gasteiger charge is -2.11. The molecule has 1 amide bonds. The summed E-state index contributed by atoms with van der Waals surface area (Å²) in [7, 11) is 0. The van der Waals surface area contributed by atoms with Crippen LogP contribution in [0.25, 0.3) is 11.6 Å². The molecule has 0 aliphatic rings. The van der Waals surface area contributed by atoms with E-state index in [4.69, 9.17) is 16.3 Å². The Labute approximate surface area is 169 Å². The predicted octanol–water partition coefficient (Wildman–Crippen LogP) is 6.08. The van der Waals surface area contributed by atoms with Crippen LogP contribution in [0.3, 0.4) is 0 Å². The standard InChI is InChI=1S/C24H20ClNO2/c1-2-16-28-21-14-12-20(13-15-21)26-24(27)22(18-8-4-3-5-9-18)17-19-10-6-7-11-23(19)25/h2-15,17H,1,16H2,(H,26,27)/b22-17+. The average Bonchev–Trinajstić information content (AvgIpc) is 2.73. The fourth-order valence-electron chi connectivity index (χ4n) is 2.63. The van der Waals surface area contributed by atoms with Crippen molar-refractivity contribution in [1.29, 1.82) is 0 Å². The Bertz CT molecular complexity index is 979. The first-order valence-electron chi connectivity index (χ1n) is 8.84. The molecule has 0 radical (unpaired) electrons. The molecule has 4 heteroatoms. The predicted molar refractivity (Wildman–Crippen MR) is 117 cm³/mol. The van der Waals surface area contributed by atoms with Crippen LogP contribution in [0, 0.1) is 0 Å². The molecule has 0 heterocycles. The number of halogens is 1. The van der Waals surface area contributed by atoms with Crippen LogP contribution in [-0.4, -0.2) is 12.5 Å². The minimum atomic E-state index is -0.217. The van der Waals surface area contributed by atoms with Crippen LogP contribution in [-0.2, 0) is 4.79 Å². The van der Waals surface area contributed by atoms with Gasteiger partial charge in [-0.05, 0) is 47.5 Å². The number of hydrogen-bond donors (Lipinski definition) is 1. The van der Waals surface area contributed by atoms with Crippen molar-refractivity contribution in [2.45, 2.75) is 0 Å². The summed E-state index contributed by atoms with van der Waals surface area (Å²) in [5, 5.41) is 3.53. The van der Waals surface area contributed by atoms with E-state index < -0.39 is 0 Å². The quantitative estimate of drug-likeness (QED) is 0.302. The van der Waals surface area contributed by atoms with Crippen molar-refractivity contribution in [1.82, 2.24) is 0 Å². The molecular formula is C24H20ClNO2. The van der Waals surface area contributed by atoms with Gasteiger partial charge in [0.05, 0.1) is 0 Å². The number of rotatable bonds is 7. The van der Waals surface area contributed by atoms with E-state index in [0.717, 1.165) is 11.1 Å². The zero-order valence-corrected chi connectivity index (χ0v) is 16.0. The largest absolute Gasteiger partial charge is 0.490 e. The number of amides is 1. The molecular weight excluding hydrogens is 370 g/mol. The molecule has 0 fully saturated rings. The van der Waals surface area contributed by atoms with Crippen molar-refractivity contribution >= 4 is 34.8 Å². The van der Waals surface area contributed by atoms with Crippen molar-refractivity contribution in [3.8, 4) is 5.75 Å². The molecule has 140 valence electrons. The van der Waals surface area contributed by atoms with Gasteiger partial charge in [-0.25, -0.2) is 0 Å². The molecule has 0 aliphatic heterocycles. The van der Waals surface area contributed by atoms with Gasteiger partial charge < -0.3 is 10.1 Å². The van der Waals surface area contributed by atoms with Crippen LogP contribution < -0.4 is 10.1 Å². The van der Waals surface area contributed by atoms with Crippen molar-refractivity contribution in [3.05, 3.63) is 108 Å². The van der Waals surface area contributed by atoms with E-state index in [1.807, 2.05) is 48.5 Å². The molecule has 3 aromatic rings. The van der Waals surface area contributed by atoms with Gasteiger partial charge in [-0.15, -0.1) is 0 Å². The van der Waals surface area contributed by atoms with Gasteiger partial charge in [0.2, 0.25) is 0 Å². The van der Waals surface area contributed by atoms with E-state index in [-0.39, 0.29) is 5.91 Å². The molecule has 0 aromatic heterocycles. The van der Waals surface area contributed by atoms with Crippen LogP contribution in [0.2, 0.25) is 5.02 Å². The Morgan fingerprint density at radius 1 is 0.964 bits per heavy atom. The summed E-state index contributed by atoms with van der Waals surface area (Å²) in [5.41, 5.74) is 2.80. The zero-order valence-electron chi connectivity index (χ0n) is 15.3. The minimum Gasteiger partial charge on any atom is -0.490 e. The third kappa shape index (κ3) is 5.12. The topological polar surface area (TPSA) is 38.3 Å². The van der Waals surface area contributed by atoms with Crippen LogP contribution in [0.5, 0.6) is 5.75 Å². The Morgan fingerprint density at radius 2 is 1.64 bits per heavy atom. The molecule has 1 N–H and O–H groups in total. The number of carbonyl (C=O) groups excluding carboxylic acids is 1. The Morgan fingerprint density at radius 3 is 2.32 bits per heavy atom. The molecule has 28 heavy (non-hydrogen) atoms. The summed E-state index contributed by atoms with van der Waals surface area (Å²) in [6.07, 6.45) is 3.48. The Kier molecular flexibility index (Phi) is 6.66. The summed E-state index contributed by atoms with van der Waals surface area (Å²) < 4.78 is 5.47. The maximum absolute atomic E-state index is 13.0. The van der Waals surface area contributed by atoms with E-state index in [9.17, 15) is 4.79 Å². The maximum atomic E-state index is 13.0. The lowest BCUT2D eigenvalue weighted by Crippen LogP contribution is -2.13. The molecule has 0 saturated heterocycles. The lowest BCUT2D eigenvalue weighted by atomic mass is 10.0. The van der Waals surface area contributed by atoms with Crippen molar-refractivity contribution in [2.24, 2.45) is 0 Å². The highest BCUT2D eigenvalue weighted by molar-refractivity contribution is 6.34. The van der Waals surface area contributed by atoms with Crippen molar-refractivity contribution in [2.75, 3.05) is 11.9 Å². The fraction of sp³-hybridized carbons (Fsp3) is 0.0417. The highest BCUT2D eigenvalue weighted by Gasteiger charge is 2.13. The van der Waals surface area contributed by atoms with E-state index >= 15 is 0 Å². The molecule has 0 atom stereocenters. The Hall–Kier alpha value is -3.30. The molecule has 3 rings (SSSR count). The first-order chi connectivity index (χ1) is 13.7. The summed E-state index contributed by atoms with van der Waals surface area (Å²) in [4.78, 5) is 13.0. The monoisotopic (exact) mass is 389 g/mol. The van der Waals surface area contributed by atoms with Gasteiger partial charge in [-0.2, -0.15) is 0 Å². The fourth-order valence-corrected chi connectivity index (χ4v) is 2.82. The number of ether oxygens (including phenoxy) is 1. The zero-order chi connectivity index (χ0) is 19.8. The molecule has 0 aliphatic carbocycles. The summed E-state index contributed by atoms with van der Waals surface area (Å²) >= 11 is 6.28. The molecule has 3 nitrogen and oxygen atoms in total. The molecule has 3 aromatic carbocycles. The van der Waals surface area contributed by atoms with E-state index in [1.165, 1.54) is 0 Å². The highest BCUT2D eigenvalue weighted by Crippen LogP contribution is 2.25. The normalized spacial score (nSPS) is 11.0. The van der Waals surface area contributed by atoms with Gasteiger partial charge in [0.1, 0.15) is 12.4 Å². The highest BCUT2D eigenvalue weighted by atomic mass is 35.5. The van der Waals surface area contributed by atoms with Gasteiger partial charge in [0.25, 0.3) is 5.91 Å². The van der Waals surface area contributed by atoms with E-state index in [2.05, 4.69) is 11.9 Å². The lowest BCUT2D eigenvalue weighted by molar-refractivity contribution is -0.111. The average molecular weight is 390 g/mol. The summed E-state index contributed by atoms with van der Waals surface area (Å²) in [6, 6.07) is 24.1. The smallest absolute Gasteiger partial charge is 0.256 e. The van der Waals surface area contributed by atoms with Gasteiger partial charge >= 0.3 is 0 Å². The number of nitrogens with one attached hydrogen (secondary N) is 1. The molecule has 0 spiro atoms. The van der Waals surface area contributed by atoms with Gasteiger partial charge in [-0.3, -0.25) is 4.79 Å². The molecule has 0 saturated carbocycles.